The topological polar surface area (TPSA) is 88.3 Å². The van der Waals surface area contributed by atoms with Gasteiger partial charge in [-0.05, 0) is 24.3 Å². The predicted octanol–water partition coefficient (Wildman–Crippen LogP) is 1.44. The first kappa shape index (κ1) is 15.0. The molecule has 7 nitrogen and oxygen atoms in total. The van der Waals surface area contributed by atoms with Crippen molar-refractivity contribution < 1.29 is 14.7 Å². The monoisotopic (exact) mass is 308 g/mol. The Hall–Kier alpha value is -2.41. The van der Waals surface area contributed by atoms with Crippen LogP contribution in [0.3, 0.4) is 0 Å². The fourth-order valence-electron chi connectivity index (χ4n) is 1.78. The Labute approximate surface area is 125 Å². The highest BCUT2D eigenvalue weighted by molar-refractivity contribution is 6.30. The summed E-state index contributed by atoms with van der Waals surface area (Å²) >= 11 is 5.79. The van der Waals surface area contributed by atoms with Crippen LogP contribution in [-0.4, -0.2) is 38.5 Å². The zero-order valence-corrected chi connectivity index (χ0v) is 11.8. The second-order valence-electron chi connectivity index (χ2n) is 4.27. The van der Waals surface area contributed by atoms with Gasteiger partial charge in [-0.25, -0.2) is 0 Å². The third kappa shape index (κ3) is 4.28. The van der Waals surface area contributed by atoms with E-state index < -0.39 is 12.5 Å². The maximum absolute atomic E-state index is 12.2. The van der Waals surface area contributed by atoms with Gasteiger partial charge in [-0.15, -0.1) is 5.10 Å². The average molecular weight is 309 g/mol. The minimum atomic E-state index is -1.08. The van der Waals surface area contributed by atoms with Gasteiger partial charge in [0.2, 0.25) is 5.91 Å². The van der Waals surface area contributed by atoms with Crippen LogP contribution in [-0.2, 0) is 16.1 Å². The van der Waals surface area contributed by atoms with E-state index in [1.54, 1.807) is 30.5 Å². The normalized spacial score (nSPS) is 10.3. The fourth-order valence-corrected chi connectivity index (χ4v) is 1.90. The van der Waals surface area contributed by atoms with Gasteiger partial charge >= 0.3 is 5.97 Å². The summed E-state index contributed by atoms with van der Waals surface area (Å²) in [7, 11) is 0. The summed E-state index contributed by atoms with van der Waals surface area (Å²) in [4.78, 5) is 24.4. The van der Waals surface area contributed by atoms with E-state index in [9.17, 15) is 9.59 Å². The Morgan fingerprint density at radius 1 is 1.29 bits per heavy atom. The molecule has 0 aliphatic rings. The lowest BCUT2D eigenvalue weighted by Gasteiger charge is -2.21. The van der Waals surface area contributed by atoms with Crippen LogP contribution in [0.4, 0.5) is 5.69 Å². The van der Waals surface area contributed by atoms with Crippen molar-refractivity contribution in [1.82, 2.24) is 15.0 Å². The van der Waals surface area contributed by atoms with E-state index in [1.807, 2.05) is 0 Å². The summed E-state index contributed by atoms with van der Waals surface area (Å²) in [5.41, 5.74) is 0.491. The zero-order valence-electron chi connectivity index (χ0n) is 11.0. The number of carboxylic acid groups (broad SMARTS) is 1. The van der Waals surface area contributed by atoms with Crippen LogP contribution in [0.5, 0.6) is 0 Å². The van der Waals surface area contributed by atoms with Crippen molar-refractivity contribution in [2.75, 3.05) is 11.4 Å². The molecule has 1 heterocycles. The van der Waals surface area contributed by atoms with Crippen LogP contribution in [0, 0.1) is 0 Å². The molecule has 2 aromatic rings. The van der Waals surface area contributed by atoms with E-state index in [2.05, 4.69) is 10.3 Å². The molecule has 0 unspecified atom stereocenters. The van der Waals surface area contributed by atoms with Crippen LogP contribution in [0.2, 0.25) is 5.02 Å². The van der Waals surface area contributed by atoms with Gasteiger partial charge in [0.05, 0.1) is 12.7 Å². The second-order valence-corrected chi connectivity index (χ2v) is 4.70. The van der Waals surface area contributed by atoms with E-state index >= 15 is 0 Å². The molecule has 0 saturated carbocycles. The summed E-state index contributed by atoms with van der Waals surface area (Å²) in [6.45, 7) is -0.0691. The number of hydrogen-bond acceptors (Lipinski definition) is 4. The van der Waals surface area contributed by atoms with E-state index in [1.165, 1.54) is 15.8 Å². The quantitative estimate of drug-likeness (QED) is 0.872. The van der Waals surface area contributed by atoms with Crippen molar-refractivity contribution in [2.24, 2.45) is 0 Å². The molecular weight excluding hydrogens is 296 g/mol. The number of carbonyl (C=O) groups is 2. The molecule has 0 aliphatic carbocycles. The van der Waals surface area contributed by atoms with Crippen LogP contribution in [0.1, 0.15) is 6.42 Å². The first-order chi connectivity index (χ1) is 10.1. The molecule has 21 heavy (non-hydrogen) atoms. The molecule has 0 atom stereocenters. The minimum absolute atomic E-state index is 0.124. The molecule has 110 valence electrons. The van der Waals surface area contributed by atoms with Crippen LogP contribution < -0.4 is 4.90 Å². The molecule has 0 spiro atoms. The molecular formula is C13H13ClN4O3. The van der Waals surface area contributed by atoms with E-state index in [0.29, 0.717) is 17.3 Å². The summed E-state index contributed by atoms with van der Waals surface area (Å²) < 4.78 is 1.51. The van der Waals surface area contributed by atoms with Gasteiger partial charge < -0.3 is 10.0 Å². The molecule has 8 heteroatoms. The Balaban J connectivity index is 2.09. The smallest absolute Gasteiger partial charge is 0.323 e. The van der Waals surface area contributed by atoms with Gasteiger partial charge in [0.1, 0.15) is 6.54 Å². The predicted molar refractivity (Wildman–Crippen MR) is 76.1 cm³/mol. The molecule has 1 aromatic heterocycles. The number of hydrogen-bond donors (Lipinski definition) is 1. The van der Waals surface area contributed by atoms with Crippen molar-refractivity contribution in [3.8, 4) is 0 Å². The van der Waals surface area contributed by atoms with Crippen LogP contribution in [0.25, 0.3) is 0 Å². The average Bonchev–Trinajstić information content (AvgIpc) is 2.96. The van der Waals surface area contributed by atoms with Gasteiger partial charge in [-0.3, -0.25) is 14.3 Å². The maximum atomic E-state index is 12.2. The summed E-state index contributed by atoms with van der Waals surface area (Å²) in [5, 5.41) is 16.9. The zero-order chi connectivity index (χ0) is 15.2. The molecule has 0 aliphatic heterocycles. The summed E-state index contributed by atoms with van der Waals surface area (Å²) in [6.07, 6.45) is 3.27. The highest BCUT2D eigenvalue weighted by atomic mass is 35.5. The summed E-state index contributed by atoms with van der Waals surface area (Å²) in [5.74, 6) is -1.39. The molecule has 0 bridgehead atoms. The first-order valence-corrected chi connectivity index (χ1v) is 6.56. The number of benzene rings is 1. The van der Waals surface area contributed by atoms with Crippen molar-refractivity contribution in [1.29, 1.82) is 0 Å². The van der Waals surface area contributed by atoms with Crippen molar-refractivity contribution in [2.45, 2.75) is 13.0 Å². The lowest BCUT2D eigenvalue weighted by Crippen LogP contribution is -2.36. The fraction of sp³-hybridized carbons (Fsp3) is 0.231. The number of halogens is 1. The van der Waals surface area contributed by atoms with E-state index in [4.69, 9.17) is 16.7 Å². The van der Waals surface area contributed by atoms with Crippen molar-refractivity contribution >= 4 is 29.2 Å². The lowest BCUT2D eigenvalue weighted by atomic mass is 10.2. The number of amides is 1. The minimum Gasteiger partial charge on any atom is -0.480 e. The second kappa shape index (κ2) is 6.85. The number of carbonyl (C=O) groups excluding carboxylic acids is 1. The van der Waals surface area contributed by atoms with Gasteiger partial charge in [0.15, 0.2) is 0 Å². The van der Waals surface area contributed by atoms with Crippen LogP contribution in [0.15, 0.2) is 36.7 Å². The summed E-state index contributed by atoms with van der Waals surface area (Å²) in [6, 6.07) is 6.43. The molecule has 1 amide bonds. The van der Waals surface area contributed by atoms with Gasteiger partial charge in [-0.1, -0.05) is 16.8 Å². The maximum Gasteiger partial charge on any atom is 0.323 e. The van der Waals surface area contributed by atoms with E-state index in [0.717, 1.165) is 0 Å². The molecule has 0 fully saturated rings. The molecule has 2 rings (SSSR count). The standard InChI is InChI=1S/C13H13ClN4O3/c14-10-1-3-11(4-2-10)18(9-13(20)21)12(19)5-7-17-8-6-15-16-17/h1-4,6,8H,5,7,9H2,(H,20,21). The number of carboxylic acids is 1. The first-order valence-electron chi connectivity index (χ1n) is 6.18. The Morgan fingerprint density at radius 3 is 2.57 bits per heavy atom. The Morgan fingerprint density at radius 2 is 2.00 bits per heavy atom. The van der Waals surface area contributed by atoms with Gasteiger partial charge in [-0.2, -0.15) is 0 Å². The van der Waals surface area contributed by atoms with E-state index in [-0.39, 0.29) is 12.3 Å². The highest BCUT2D eigenvalue weighted by Gasteiger charge is 2.18. The SMILES string of the molecule is O=C(O)CN(C(=O)CCn1ccnn1)c1ccc(Cl)cc1. The Kier molecular flexibility index (Phi) is 4.89. The third-order valence-electron chi connectivity index (χ3n) is 2.76. The van der Waals surface area contributed by atoms with Crippen molar-refractivity contribution in [3.05, 3.63) is 41.7 Å². The molecule has 0 radical (unpaired) electrons. The lowest BCUT2D eigenvalue weighted by molar-refractivity contribution is -0.136. The number of anilines is 1. The van der Waals surface area contributed by atoms with Gasteiger partial charge in [0.25, 0.3) is 0 Å². The van der Waals surface area contributed by atoms with Gasteiger partial charge in [0, 0.05) is 23.3 Å². The molecule has 1 N–H and O–H groups in total. The molecule has 0 saturated heterocycles. The Bertz CT molecular complexity index is 613. The van der Waals surface area contributed by atoms with Crippen LogP contribution >= 0.6 is 11.6 Å². The number of rotatable bonds is 6. The number of nitrogens with zero attached hydrogens (tertiary/aromatic N) is 4. The number of aliphatic carboxylic acids is 1. The molecule has 1 aromatic carbocycles. The number of aryl methyl sites for hydroxylation is 1. The largest absolute Gasteiger partial charge is 0.480 e. The van der Waals surface area contributed by atoms with Crippen molar-refractivity contribution in [3.63, 3.8) is 0 Å². The highest BCUT2D eigenvalue weighted by Crippen LogP contribution is 2.18. The number of aromatic nitrogens is 3. The third-order valence-corrected chi connectivity index (χ3v) is 3.01.